The predicted octanol–water partition coefficient (Wildman–Crippen LogP) is 1.40. The molecule has 0 amide bonds. The maximum absolute atomic E-state index is 12.9. The first kappa shape index (κ1) is 8.21. The summed E-state index contributed by atoms with van der Waals surface area (Å²) < 4.78 is 12.9. The first-order valence-corrected chi connectivity index (χ1v) is 3.08. The number of carboxylic acid groups (broad SMARTS) is 1. The van der Waals surface area contributed by atoms with E-state index in [0.29, 0.717) is 0 Å². The van der Waals surface area contributed by atoms with Gasteiger partial charge in [-0.25, -0.2) is 9.18 Å². The molecule has 12 heavy (non-hydrogen) atoms. The highest BCUT2D eigenvalue weighted by atomic mass is 19.1. The van der Waals surface area contributed by atoms with E-state index >= 15 is 0 Å². The molecule has 60 valence electrons. The van der Waals surface area contributed by atoms with Crippen LogP contribution in [0.4, 0.5) is 4.39 Å². The maximum Gasteiger partial charge on any atom is 0.338 e. The van der Waals surface area contributed by atoms with Crippen LogP contribution in [-0.2, 0) is 0 Å². The maximum atomic E-state index is 12.9. The Hall–Kier alpha value is -1.89. The Morgan fingerprint density at radius 2 is 2.25 bits per heavy atom. The minimum Gasteiger partial charge on any atom is -0.478 e. The number of hydrogen-bond acceptors (Lipinski definition) is 2. The molecule has 0 bridgehead atoms. The number of hydrogen-bond donors (Lipinski definition) is 1. The summed E-state index contributed by atoms with van der Waals surface area (Å²) in [5.74, 6) is -2.35. The Kier molecular flexibility index (Phi) is 2.06. The molecule has 0 heterocycles. The Balaban J connectivity index is 3.35. The van der Waals surface area contributed by atoms with Crippen molar-refractivity contribution in [1.82, 2.24) is 0 Å². The molecule has 1 N–H and O–H groups in total. The molecule has 0 radical (unpaired) electrons. The van der Waals surface area contributed by atoms with Crippen molar-refractivity contribution >= 4 is 5.97 Å². The van der Waals surface area contributed by atoms with Crippen molar-refractivity contribution in [3.63, 3.8) is 0 Å². The van der Waals surface area contributed by atoms with Crippen LogP contribution in [0.3, 0.4) is 0 Å². The summed E-state index contributed by atoms with van der Waals surface area (Å²) in [5, 5.41) is 16.8. The number of nitriles is 1. The van der Waals surface area contributed by atoms with Crippen LogP contribution in [0.5, 0.6) is 0 Å². The van der Waals surface area contributed by atoms with E-state index in [1.165, 1.54) is 12.1 Å². The zero-order valence-electron chi connectivity index (χ0n) is 5.91. The van der Waals surface area contributed by atoms with Crippen LogP contribution in [0, 0.1) is 17.1 Å². The molecule has 1 rings (SSSR count). The number of benzene rings is 1. The summed E-state index contributed by atoms with van der Waals surface area (Å²) in [7, 11) is 0. The van der Waals surface area contributed by atoms with Crippen LogP contribution in [0.2, 0.25) is 0 Å². The third kappa shape index (κ3) is 1.25. The quantitative estimate of drug-likeness (QED) is 0.684. The van der Waals surface area contributed by atoms with Crippen LogP contribution in [0.1, 0.15) is 15.9 Å². The molecule has 0 aliphatic carbocycles. The molecule has 4 heteroatoms. The van der Waals surface area contributed by atoms with E-state index in [9.17, 15) is 9.18 Å². The number of nitrogens with zero attached hydrogens (tertiary/aromatic N) is 1. The van der Waals surface area contributed by atoms with E-state index in [-0.39, 0.29) is 5.56 Å². The molecule has 0 unspecified atom stereocenters. The molecule has 1 aromatic rings. The zero-order valence-corrected chi connectivity index (χ0v) is 5.91. The monoisotopic (exact) mass is 165 g/mol. The van der Waals surface area contributed by atoms with E-state index in [1.807, 2.05) is 0 Å². The molecule has 3 nitrogen and oxygen atoms in total. The van der Waals surface area contributed by atoms with Gasteiger partial charge in [0.05, 0.1) is 11.1 Å². The molecule has 0 saturated carbocycles. The number of carbonyl (C=O) groups is 1. The van der Waals surface area contributed by atoms with Crippen LogP contribution in [0.15, 0.2) is 18.2 Å². The van der Waals surface area contributed by atoms with Crippen molar-refractivity contribution < 1.29 is 14.3 Å². The molecule has 0 aliphatic heterocycles. The van der Waals surface area contributed by atoms with Gasteiger partial charge < -0.3 is 5.11 Å². The molecule has 0 aromatic heterocycles. The Morgan fingerprint density at radius 3 is 2.75 bits per heavy atom. The summed E-state index contributed by atoms with van der Waals surface area (Å²) in [6.45, 7) is 0. The van der Waals surface area contributed by atoms with Crippen molar-refractivity contribution in [1.29, 1.82) is 5.26 Å². The molecule has 0 aliphatic rings. The second-order valence-electron chi connectivity index (χ2n) is 2.08. The molecule has 1 aromatic carbocycles. The van der Waals surface area contributed by atoms with E-state index in [1.54, 1.807) is 6.07 Å². The average molecular weight is 165 g/mol. The van der Waals surface area contributed by atoms with Gasteiger partial charge in [0.1, 0.15) is 6.07 Å². The molecular weight excluding hydrogens is 161 g/mol. The first-order chi connectivity index (χ1) is 5.66. The van der Waals surface area contributed by atoms with E-state index < -0.39 is 17.3 Å². The van der Waals surface area contributed by atoms with E-state index in [4.69, 9.17) is 10.4 Å². The second kappa shape index (κ2) is 3.01. The molecular formula is C8H4FNO2. The normalized spacial score (nSPS) is 9.00. The van der Waals surface area contributed by atoms with Gasteiger partial charge in [-0.15, -0.1) is 0 Å². The van der Waals surface area contributed by atoms with Gasteiger partial charge in [0.15, 0.2) is 5.82 Å². The lowest BCUT2D eigenvalue weighted by atomic mass is 10.1. The summed E-state index contributed by atoms with van der Waals surface area (Å²) in [6, 6.07) is 5.21. The van der Waals surface area contributed by atoms with Crippen LogP contribution in [-0.4, -0.2) is 11.1 Å². The van der Waals surface area contributed by atoms with E-state index in [2.05, 4.69) is 0 Å². The smallest absolute Gasteiger partial charge is 0.338 e. The van der Waals surface area contributed by atoms with Crippen molar-refractivity contribution in [2.75, 3.05) is 0 Å². The lowest BCUT2D eigenvalue weighted by molar-refractivity contribution is 0.0692. The van der Waals surface area contributed by atoms with Gasteiger partial charge in [0.25, 0.3) is 0 Å². The van der Waals surface area contributed by atoms with Crippen molar-refractivity contribution in [3.05, 3.63) is 35.1 Å². The fourth-order valence-electron chi connectivity index (χ4n) is 0.783. The lowest BCUT2D eigenvalue weighted by Gasteiger charge is -1.96. The number of halogens is 1. The number of carboxylic acids is 1. The third-order valence-electron chi connectivity index (χ3n) is 1.35. The standard InChI is InChI=1S/C8H4FNO2/c9-7-5(4-10)2-1-3-6(7)8(11)12/h1-3H,(H,11,12). The SMILES string of the molecule is N#Cc1cccc(C(=O)O)c1F. The molecule has 0 fully saturated rings. The molecule has 0 spiro atoms. The summed E-state index contributed by atoms with van der Waals surface area (Å²) in [4.78, 5) is 10.3. The van der Waals surface area contributed by atoms with Gasteiger partial charge in [0, 0.05) is 0 Å². The Morgan fingerprint density at radius 1 is 1.58 bits per heavy atom. The topological polar surface area (TPSA) is 61.1 Å². The summed E-state index contributed by atoms with van der Waals surface area (Å²) >= 11 is 0. The van der Waals surface area contributed by atoms with Gasteiger partial charge in [-0.05, 0) is 12.1 Å². The van der Waals surface area contributed by atoms with Gasteiger partial charge in [0.2, 0.25) is 0 Å². The number of rotatable bonds is 1. The Bertz CT molecular complexity index is 368. The van der Waals surface area contributed by atoms with E-state index in [0.717, 1.165) is 6.07 Å². The van der Waals surface area contributed by atoms with Gasteiger partial charge >= 0.3 is 5.97 Å². The van der Waals surface area contributed by atoms with Crippen LogP contribution >= 0.6 is 0 Å². The minimum absolute atomic E-state index is 0.255. The Labute approximate surface area is 67.7 Å². The lowest BCUT2D eigenvalue weighted by Crippen LogP contribution is -2.01. The fraction of sp³-hybridized carbons (Fsp3) is 0. The highest BCUT2D eigenvalue weighted by molar-refractivity contribution is 5.88. The van der Waals surface area contributed by atoms with Crippen LogP contribution < -0.4 is 0 Å². The number of aromatic carboxylic acids is 1. The van der Waals surface area contributed by atoms with Gasteiger partial charge in [-0.2, -0.15) is 5.26 Å². The minimum atomic E-state index is -1.37. The fourth-order valence-corrected chi connectivity index (χ4v) is 0.783. The zero-order chi connectivity index (χ0) is 9.14. The largest absolute Gasteiger partial charge is 0.478 e. The molecule has 0 atom stereocenters. The predicted molar refractivity (Wildman–Crippen MR) is 38.1 cm³/mol. The second-order valence-corrected chi connectivity index (χ2v) is 2.08. The van der Waals surface area contributed by atoms with Gasteiger partial charge in [-0.1, -0.05) is 6.07 Å². The van der Waals surface area contributed by atoms with Crippen LogP contribution in [0.25, 0.3) is 0 Å². The highest BCUT2D eigenvalue weighted by Crippen LogP contribution is 2.11. The van der Waals surface area contributed by atoms with Crippen molar-refractivity contribution in [2.45, 2.75) is 0 Å². The first-order valence-electron chi connectivity index (χ1n) is 3.08. The summed E-state index contributed by atoms with van der Waals surface area (Å²) in [6.07, 6.45) is 0. The van der Waals surface area contributed by atoms with Crippen molar-refractivity contribution in [3.8, 4) is 6.07 Å². The molecule has 0 saturated heterocycles. The highest BCUT2D eigenvalue weighted by Gasteiger charge is 2.12. The average Bonchev–Trinajstić information content (AvgIpc) is 2.04. The van der Waals surface area contributed by atoms with Crippen molar-refractivity contribution in [2.24, 2.45) is 0 Å². The third-order valence-corrected chi connectivity index (χ3v) is 1.35. The summed E-state index contributed by atoms with van der Waals surface area (Å²) in [5.41, 5.74) is -0.732. The van der Waals surface area contributed by atoms with Gasteiger partial charge in [-0.3, -0.25) is 0 Å².